The van der Waals surface area contributed by atoms with E-state index in [0.717, 1.165) is 11.3 Å². The van der Waals surface area contributed by atoms with E-state index in [1.54, 1.807) is 32.4 Å². The van der Waals surface area contributed by atoms with Crippen LogP contribution in [-0.2, 0) is 11.2 Å². The topological polar surface area (TPSA) is 110 Å². The van der Waals surface area contributed by atoms with Gasteiger partial charge in [0.25, 0.3) is 0 Å². The van der Waals surface area contributed by atoms with Gasteiger partial charge in [-0.3, -0.25) is 15.1 Å². The Hall–Kier alpha value is -3.62. The van der Waals surface area contributed by atoms with E-state index in [1.807, 2.05) is 24.3 Å². The molecule has 0 bridgehead atoms. The van der Waals surface area contributed by atoms with Crippen LogP contribution in [0.15, 0.2) is 42.5 Å². The van der Waals surface area contributed by atoms with Crippen molar-refractivity contribution in [2.24, 2.45) is 0 Å². The van der Waals surface area contributed by atoms with Gasteiger partial charge in [-0.1, -0.05) is 12.1 Å². The number of benzene rings is 2. The second-order valence-corrected chi connectivity index (χ2v) is 5.90. The predicted molar refractivity (Wildman–Crippen MR) is 101 cm³/mol. The number of amides is 1. The highest BCUT2D eigenvalue weighted by atomic mass is 16.5. The van der Waals surface area contributed by atoms with Crippen molar-refractivity contribution in [2.75, 3.05) is 26.6 Å². The van der Waals surface area contributed by atoms with Crippen LogP contribution in [0.25, 0.3) is 0 Å². The van der Waals surface area contributed by atoms with Crippen LogP contribution in [0, 0.1) is 0 Å². The number of carbonyl (C=O) groups is 1. The fourth-order valence-electron chi connectivity index (χ4n) is 2.73. The SMILES string of the molecule is COc1ccc(C[C@H](C(=O)Nc2ccc(OC)c(OC)c2)c2nnn[n-]2)cc1. The van der Waals surface area contributed by atoms with Crippen molar-refractivity contribution in [2.45, 2.75) is 12.3 Å². The Morgan fingerprint density at radius 3 is 2.39 bits per heavy atom. The highest BCUT2D eigenvalue weighted by Crippen LogP contribution is 2.30. The number of nitrogens with zero attached hydrogens (tertiary/aromatic N) is 4. The van der Waals surface area contributed by atoms with Gasteiger partial charge in [0.1, 0.15) is 5.75 Å². The van der Waals surface area contributed by atoms with Gasteiger partial charge in [0.05, 0.1) is 27.2 Å². The van der Waals surface area contributed by atoms with Crippen molar-refractivity contribution in [3.8, 4) is 17.2 Å². The Bertz CT molecular complexity index is 913. The lowest BCUT2D eigenvalue weighted by Crippen LogP contribution is -2.24. The highest BCUT2D eigenvalue weighted by Gasteiger charge is 2.21. The third-order valence-corrected chi connectivity index (χ3v) is 4.21. The molecule has 0 spiro atoms. The van der Waals surface area contributed by atoms with Gasteiger partial charge in [0.15, 0.2) is 11.5 Å². The molecule has 9 heteroatoms. The first-order chi connectivity index (χ1) is 13.6. The van der Waals surface area contributed by atoms with Crippen molar-refractivity contribution in [1.82, 2.24) is 20.6 Å². The molecule has 1 aromatic heterocycles. The molecule has 0 aliphatic carbocycles. The fraction of sp³-hybridized carbons (Fsp3) is 0.263. The molecule has 1 atom stereocenters. The first kappa shape index (κ1) is 19.2. The third-order valence-electron chi connectivity index (χ3n) is 4.21. The molecule has 0 saturated heterocycles. The maximum atomic E-state index is 12.9. The van der Waals surface area contributed by atoms with Crippen molar-refractivity contribution in [3.05, 3.63) is 53.9 Å². The van der Waals surface area contributed by atoms with Gasteiger partial charge in [-0.2, -0.15) is 5.21 Å². The molecule has 0 radical (unpaired) electrons. The summed E-state index contributed by atoms with van der Waals surface area (Å²) in [5.74, 6) is 1.15. The van der Waals surface area contributed by atoms with Gasteiger partial charge < -0.3 is 24.6 Å². The minimum absolute atomic E-state index is 0.258. The molecule has 2 aromatic carbocycles. The maximum absolute atomic E-state index is 12.9. The first-order valence-electron chi connectivity index (χ1n) is 8.49. The third kappa shape index (κ3) is 4.37. The fourth-order valence-corrected chi connectivity index (χ4v) is 2.73. The van der Waals surface area contributed by atoms with E-state index in [9.17, 15) is 4.79 Å². The average Bonchev–Trinajstić information content (AvgIpc) is 3.26. The molecule has 1 heterocycles. The number of carbonyl (C=O) groups excluding carboxylic acids is 1. The molecule has 0 aliphatic rings. The molecule has 3 rings (SSSR count). The summed E-state index contributed by atoms with van der Waals surface area (Å²) < 4.78 is 15.7. The molecule has 146 valence electrons. The van der Waals surface area contributed by atoms with E-state index < -0.39 is 5.92 Å². The van der Waals surface area contributed by atoms with Gasteiger partial charge in [0, 0.05) is 17.6 Å². The maximum Gasteiger partial charge on any atom is 0.232 e. The smallest absolute Gasteiger partial charge is 0.232 e. The summed E-state index contributed by atoms with van der Waals surface area (Å²) in [6.07, 6.45) is 0.385. The minimum Gasteiger partial charge on any atom is -0.497 e. The molecule has 0 fully saturated rings. The second-order valence-electron chi connectivity index (χ2n) is 5.90. The lowest BCUT2D eigenvalue weighted by molar-refractivity contribution is -0.117. The summed E-state index contributed by atoms with van der Waals surface area (Å²) in [6, 6.07) is 12.6. The van der Waals surface area contributed by atoms with E-state index >= 15 is 0 Å². The van der Waals surface area contributed by atoms with Gasteiger partial charge in [0.2, 0.25) is 5.91 Å². The molecule has 9 nitrogen and oxygen atoms in total. The van der Waals surface area contributed by atoms with Crippen LogP contribution in [0.5, 0.6) is 17.2 Å². The van der Waals surface area contributed by atoms with E-state index in [0.29, 0.717) is 23.6 Å². The van der Waals surface area contributed by atoms with E-state index in [2.05, 4.69) is 25.9 Å². The average molecular weight is 382 g/mol. The van der Waals surface area contributed by atoms with Gasteiger partial charge in [-0.25, -0.2) is 0 Å². The molecule has 3 aromatic rings. The number of tetrazole rings is 1. The summed E-state index contributed by atoms with van der Waals surface area (Å²) in [4.78, 5) is 12.9. The van der Waals surface area contributed by atoms with Gasteiger partial charge >= 0.3 is 0 Å². The van der Waals surface area contributed by atoms with E-state index in [-0.39, 0.29) is 11.7 Å². The molecular formula is C19H20N5O4-. The summed E-state index contributed by atoms with van der Waals surface area (Å²) in [5.41, 5.74) is 1.49. The summed E-state index contributed by atoms with van der Waals surface area (Å²) >= 11 is 0. The van der Waals surface area contributed by atoms with Crippen LogP contribution in [0.2, 0.25) is 0 Å². The van der Waals surface area contributed by atoms with Crippen LogP contribution < -0.4 is 24.6 Å². The Kier molecular flexibility index (Phi) is 6.05. The molecule has 28 heavy (non-hydrogen) atoms. The Morgan fingerprint density at radius 1 is 1.04 bits per heavy atom. The second kappa shape index (κ2) is 8.85. The summed E-state index contributed by atoms with van der Waals surface area (Å²) in [7, 11) is 4.68. The lowest BCUT2D eigenvalue weighted by atomic mass is 9.97. The number of hydrogen-bond acceptors (Lipinski definition) is 7. The van der Waals surface area contributed by atoms with E-state index in [4.69, 9.17) is 14.2 Å². The van der Waals surface area contributed by atoms with Crippen molar-refractivity contribution in [1.29, 1.82) is 0 Å². The standard InChI is InChI=1S/C19H21N5O4/c1-26-14-7-4-12(5-8-14)10-15(18-21-23-24-22-18)19(25)20-13-6-9-16(27-2)17(11-13)28-3/h4-9,11,15H,10H2,1-3H3,(H2,20,21,22,23,24,25)/p-1/t15-/m0/s1. The van der Waals surface area contributed by atoms with Crippen molar-refractivity contribution in [3.63, 3.8) is 0 Å². The highest BCUT2D eigenvalue weighted by molar-refractivity contribution is 5.95. The number of methoxy groups -OCH3 is 3. The minimum atomic E-state index is -0.656. The first-order valence-corrected chi connectivity index (χ1v) is 8.49. The Labute approximate surface area is 162 Å². The Balaban J connectivity index is 1.81. The van der Waals surface area contributed by atoms with E-state index in [1.165, 1.54) is 7.11 Å². The molecule has 1 N–H and O–H groups in total. The quantitative estimate of drug-likeness (QED) is 0.628. The number of rotatable bonds is 8. The molecule has 0 aliphatic heterocycles. The molecule has 0 saturated carbocycles. The summed E-state index contributed by atoms with van der Waals surface area (Å²) in [5, 5.41) is 17.6. The van der Waals surface area contributed by atoms with Crippen LogP contribution in [0.4, 0.5) is 5.69 Å². The monoisotopic (exact) mass is 382 g/mol. The predicted octanol–water partition coefficient (Wildman–Crippen LogP) is 1.82. The number of hydrogen-bond donors (Lipinski definition) is 1. The van der Waals surface area contributed by atoms with Crippen LogP contribution >= 0.6 is 0 Å². The Morgan fingerprint density at radius 2 is 1.79 bits per heavy atom. The number of anilines is 1. The normalized spacial score (nSPS) is 11.5. The zero-order chi connectivity index (χ0) is 19.9. The zero-order valence-electron chi connectivity index (χ0n) is 15.7. The molecule has 1 amide bonds. The van der Waals surface area contributed by atoms with Crippen molar-refractivity contribution < 1.29 is 19.0 Å². The number of aromatic nitrogens is 4. The molecule has 0 unspecified atom stereocenters. The van der Waals surface area contributed by atoms with Crippen LogP contribution in [0.1, 0.15) is 17.3 Å². The van der Waals surface area contributed by atoms with Crippen LogP contribution in [0.3, 0.4) is 0 Å². The van der Waals surface area contributed by atoms with Gasteiger partial charge in [-0.15, -0.1) is 0 Å². The number of nitrogens with one attached hydrogen (secondary N) is 1. The van der Waals surface area contributed by atoms with Crippen molar-refractivity contribution >= 4 is 11.6 Å². The van der Waals surface area contributed by atoms with Crippen LogP contribution in [-0.4, -0.2) is 42.8 Å². The largest absolute Gasteiger partial charge is 0.497 e. The summed E-state index contributed by atoms with van der Waals surface area (Å²) in [6.45, 7) is 0. The number of ether oxygens (including phenoxy) is 3. The lowest BCUT2D eigenvalue weighted by Gasteiger charge is -2.18. The molecular weight excluding hydrogens is 362 g/mol. The zero-order valence-corrected chi connectivity index (χ0v) is 15.7. The van der Waals surface area contributed by atoms with Gasteiger partial charge in [-0.05, 0) is 36.2 Å².